The van der Waals surface area contributed by atoms with E-state index in [9.17, 15) is 4.79 Å². The molecule has 4 rings (SSSR count). The lowest BCUT2D eigenvalue weighted by Gasteiger charge is -2.32. The Balaban J connectivity index is 1.59. The molecule has 2 heterocycles. The summed E-state index contributed by atoms with van der Waals surface area (Å²) in [5.74, 6) is 2.15. The summed E-state index contributed by atoms with van der Waals surface area (Å²) < 4.78 is 12.5. The predicted octanol–water partition coefficient (Wildman–Crippen LogP) is 3.39. The van der Waals surface area contributed by atoms with Crippen LogP contribution in [0.4, 0.5) is 5.69 Å². The third-order valence-corrected chi connectivity index (χ3v) is 5.98. The van der Waals surface area contributed by atoms with Crippen molar-refractivity contribution in [1.82, 2.24) is 14.9 Å². The number of fused-ring (bicyclic) bond motifs is 1. The van der Waals surface area contributed by atoms with E-state index in [1.54, 1.807) is 7.11 Å². The lowest BCUT2D eigenvalue weighted by atomic mass is 10.0. The van der Waals surface area contributed by atoms with E-state index in [4.69, 9.17) is 9.47 Å². The standard InChI is InChI=1S/C21H23N5O3S/c1-4-29-17-11-7-15(8-12-17)22-20(27)19-18(14-5-9-16(28-3)10-6-14)25-26-13(2)23-24-21(26)30-19/h5-12,18-19,25H,4H2,1-3H3,(H,22,27)/t18-,19+/m1/s1. The van der Waals surface area contributed by atoms with Crippen LogP contribution in [-0.2, 0) is 4.79 Å². The van der Waals surface area contributed by atoms with E-state index in [0.717, 1.165) is 22.9 Å². The van der Waals surface area contributed by atoms with E-state index in [-0.39, 0.29) is 11.9 Å². The smallest absolute Gasteiger partial charge is 0.240 e. The molecule has 0 saturated carbocycles. The van der Waals surface area contributed by atoms with E-state index >= 15 is 0 Å². The second-order valence-corrected chi connectivity index (χ2v) is 7.84. The number of hydrogen-bond acceptors (Lipinski definition) is 7. The van der Waals surface area contributed by atoms with Crippen LogP contribution in [0.3, 0.4) is 0 Å². The summed E-state index contributed by atoms with van der Waals surface area (Å²) in [6.45, 7) is 4.40. The number of nitrogens with one attached hydrogen (secondary N) is 2. The number of carbonyl (C=O) groups is 1. The highest BCUT2D eigenvalue weighted by atomic mass is 32.2. The van der Waals surface area contributed by atoms with E-state index in [2.05, 4.69) is 20.9 Å². The molecule has 0 aliphatic carbocycles. The number of aromatic nitrogens is 3. The molecule has 0 bridgehead atoms. The van der Waals surface area contributed by atoms with Gasteiger partial charge in [0.25, 0.3) is 0 Å². The van der Waals surface area contributed by atoms with Gasteiger partial charge in [-0.1, -0.05) is 23.9 Å². The molecule has 0 radical (unpaired) electrons. The molecule has 1 aromatic heterocycles. The van der Waals surface area contributed by atoms with Gasteiger partial charge in [-0.3, -0.25) is 4.79 Å². The van der Waals surface area contributed by atoms with Gasteiger partial charge in [0.15, 0.2) is 0 Å². The van der Waals surface area contributed by atoms with Crippen molar-refractivity contribution >= 4 is 23.4 Å². The number of thioether (sulfide) groups is 1. The number of carbonyl (C=O) groups excluding carboxylic acids is 1. The first-order valence-electron chi connectivity index (χ1n) is 9.62. The number of hydrogen-bond donors (Lipinski definition) is 2. The van der Waals surface area contributed by atoms with Gasteiger partial charge in [-0.25, -0.2) is 4.68 Å². The van der Waals surface area contributed by atoms with Gasteiger partial charge in [0.2, 0.25) is 11.1 Å². The molecular weight excluding hydrogens is 402 g/mol. The number of aryl methyl sites for hydroxylation is 1. The predicted molar refractivity (Wildman–Crippen MR) is 116 cm³/mol. The number of methoxy groups -OCH3 is 1. The number of nitrogens with zero attached hydrogens (tertiary/aromatic N) is 3. The first kappa shape index (κ1) is 20.1. The number of ether oxygens (including phenoxy) is 2. The fraction of sp³-hybridized carbons (Fsp3) is 0.286. The largest absolute Gasteiger partial charge is 0.497 e. The highest BCUT2D eigenvalue weighted by Gasteiger charge is 2.37. The Morgan fingerprint density at radius 2 is 1.83 bits per heavy atom. The fourth-order valence-electron chi connectivity index (χ4n) is 3.24. The summed E-state index contributed by atoms with van der Waals surface area (Å²) in [4.78, 5) is 13.2. The Hall–Kier alpha value is -3.20. The first-order chi connectivity index (χ1) is 14.6. The Morgan fingerprint density at radius 3 is 2.50 bits per heavy atom. The molecule has 0 saturated heterocycles. The van der Waals surface area contributed by atoms with Crippen molar-refractivity contribution in [2.75, 3.05) is 24.5 Å². The summed E-state index contributed by atoms with van der Waals surface area (Å²) >= 11 is 1.39. The van der Waals surface area contributed by atoms with Crippen molar-refractivity contribution in [3.05, 3.63) is 59.9 Å². The molecular formula is C21H23N5O3S. The number of anilines is 1. The van der Waals surface area contributed by atoms with E-state index < -0.39 is 5.25 Å². The topological polar surface area (TPSA) is 90.3 Å². The average molecular weight is 426 g/mol. The molecule has 3 aromatic rings. The summed E-state index contributed by atoms with van der Waals surface area (Å²) in [5.41, 5.74) is 5.07. The molecule has 2 atom stereocenters. The van der Waals surface area contributed by atoms with Crippen LogP contribution in [0.2, 0.25) is 0 Å². The van der Waals surface area contributed by atoms with Crippen molar-refractivity contribution in [2.24, 2.45) is 0 Å². The van der Waals surface area contributed by atoms with Crippen LogP contribution >= 0.6 is 11.8 Å². The number of benzene rings is 2. The summed E-state index contributed by atoms with van der Waals surface area (Å²) in [6.07, 6.45) is 0. The SMILES string of the molecule is CCOc1ccc(NC(=O)[C@H]2Sc3nnc(C)n3N[C@@H]2c2ccc(OC)cc2)cc1. The van der Waals surface area contributed by atoms with Gasteiger partial charge in [0, 0.05) is 5.69 Å². The zero-order valence-electron chi connectivity index (χ0n) is 17.0. The van der Waals surface area contributed by atoms with E-state index in [1.165, 1.54) is 11.8 Å². The van der Waals surface area contributed by atoms with Gasteiger partial charge >= 0.3 is 0 Å². The molecule has 1 amide bonds. The van der Waals surface area contributed by atoms with Crippen molar-refractivity contribution in [3.8, 4) is 11.5 Å². The Morgan fingerprint density at radius 1 is 1.13 bits per heavy atom. The monoisotopic (exact) mass is 425 g/mol. The minimum atomic E-state index is -0.443. The third-order valence-electron chi connectivity index (χ3n) is 4.76. The minimum Gasteiger partial charge on any atom is -0.497 e. The number of rotatable bonds is 6. The molecule has 1 aliphatic heterocycles. The fourth-order valence-corrected chi connectivity index (χ4v) is 4.36. The molecule has 0 fully saturated rings. The van der Waals surface area contributed by atoms with Gasteiger partial charge in [0.05, 0.1) is 19.8 Å². The van der Waals surface area contributed by atoms with E-state index in [0.29, 0.717) is 17.5 Å². The highest BCUT2D eigenvalue weighted by Crippen LogP contribution is 2.38. The van der Waals surface area contributed by atoms with Crippen molar-refractivity contribution in [1.29, 1.82) is 0 Å². The molecule has 2 aromatic carbocycles. The molecule has 2 N–H and O–H groups in total. The van der Waals surface area contributed by atoms with Crippen molar-refractivity contribution in [3.63, 3.8) is 0 Å². The lowest BCUT2D eigenvalue weighted by Crippen LogP contribution is -2.41. The van der Waals surface area contributed by atoms with Crippen LogP contribution in [0.1, 0.15) is 24.4 Å². The maximum absolute atomic E-state index is 13.2. The Labute approximate surface area is 179 Å². The van der Waals surface area contributed by atoms with Gasteiger partial charge in [0.1, 0.15) is 22.6 Å². The molecule has 9 heteroatoms. The number of amides is 1. The maximum atomic E-state index is 13.2. The minimum absolute atomic E-state index is 0.121. The van der Waals surface area contributed by atoms with Crippen LogP contribution in [0.5, 0.6) is 11.5 Å². The Bertz CT molecular complexity index is 1020. The van der Waals surface area contributed by atoms with Gasteiger partial charge in [-0.15, -0.1) is 10.2 Å². The van der Waals surface area contributed by atoms with Gasteiger partial charge in [-0.2, -0.15) is 0 Å². The van der Waals surface area contributed by atoms with Gasteiger partial charge in [-0.05, 0) is 55.8 Å². The molecule has 156 valence electrons. The molecule has 1 aliphatic rings. The second-order valence-electron chi connectivity index (χ2n) is 6.73. The van der Waals surface area contributed by atoms with Crippen LogP contribution < -0.4 is 20.2 Å². The zero-order chi connectivity index (χ0) is 21.1. The molecule has 30 heavy (non-hydrogen) atoms. The van der Waals surface area contributed by atoms with Crippen LogP contribution in [-0.4, -0.2) is 39.7 Å². The quantitative estimate of drug-likeness (QED) is 0.626. The maximum Gasteiger partial charge on any atom is 0.240 e. The molecule has 8 nitrogen and oxygen atoms in total. The molecule has 0 spiro atoms. The average Bonchev–Trinajstić information content (AvgIpc) is 3.14. The van der Waals surface area contributed by atoms with Crippen molar-refractivity contribution < 1.29 is 14.3 Å². The summed E-state index contributed by atoms with van der Waals surface area (Å²) in [7, 11) is 1.63. The van der Waals surface area contributed by atoms with Crippen LogP contribution in [0.25, 0.3) is 0 Å². The normalized spacial score (nSPS) is 17.6. The first-order valence-corrected chi connectivity index (χ1v) is 10.5. The Kier molecular flexibility index (Phi) is 5.80. The lowest BCUT2D eigenvalue weighted by molar-refractivity contribution is -0.116. The zero-order valence-corrected chi connectivity index (χ0v) is 17.8. The van der Waals surface area contributed by atoms with Crippen molar-refractivity contribution in [2.45, 2.75) is 30.3 Å². The summed E-state index contributed by atoms with van der Waals surface area (Å²) in [5, 5.41) is 11.5. The van der Waals surface area contributed by atoms with Crippen LogP contribution in [0.15, 0.2) is 53.7 Å². The summed E-state index contributed by atoms with van der Waals surface area (Å²) in [6, 6.07) is 14.8. The van der Waals surface area contributed by atoms with E-state index in [1.807, 2.05) is 67.1 Å². The molecule has 0 unspecified atom stereocenters. The van der Waals surface area contributed by atoms with Gasteiger partial charge < -0.3 is 20.2 Å². The third kappa shape index (κ3) is 4.06. The second kappa shape index (κ2) is 8.66. The van der Waals surface area contributed by atoms with Crippen LogP contribution in [0, 0.1) is 6.92 Å². The highest BCUT2D eigenvalue weighted by molar-refractivity contribution is 8.00.